The molecule has 3 heterocycles. The summed E-state index contributed by atoms with van der Waals surface area (Å²) in [5.74, 6) is -4.35. The second-order valence-corrected chi connectivity index (χ2v) is 8.06. The first kappa shape index (κ1) is 22.4. The zero-order valence-electron chi connectivity index (χ0n) is 17.9. The van der Waals surface area contributed by atoms with Gasteiger partial charge < -0.3 is 25.2 Å². The number of benzene rings is 1. The molecule has 0 saturated heterocycles. The lowest BCUT2D eigenvalue weighted by molar-refractivity contribution is -0.119. The van der Waals surface area contributed by atoms with Gasteiger partial charge in [-0.15, -0.1) is 0 Å². The van der Waals surface area contributed by atoms with Gasteiger partial charge in [-0.1, -0.05) is 6.07 Å². The van der Waals surface area contributed by atoms with Gasteiger partial charge in [-0.3, -0.25) is 19.2 Å². The van der Waals surface area contributed by atoms with Gasteiger partial charge in [0, 0.05) is 38.2 Å². The van der Waals surface area contributed by atoms with Gasteiger partial charge in [0.05, 0.1) is 17.8 Å². The van der Waals surface area contributed by atoms with Crippen LogP contribution >= 0.6 is 0 Å². The Morgan fingerprint density at radius 3 is 2.61 bits per heavy atom. The highest BCUT2D eigenvalue weighted by Crippen LogP contribution is 2.42. The lowest BCUT2D eigenvalue weighted by Crippen LogP contribution is -2.44. The summed E-state index contributed by atoms with van der Waals surface area (Å²) in [5, 5.41) is 15.7. The van der Waals surface area contributed by atoms with Crippen molar-refractivity contribution in [2.24, 2.45) is 0 Å². The van der Waals surface area contributed by atoms with E-state index < -0.39 is 52.1 Å². The summed E-state index contributed by atoms with van der Waals surface area (Å²) >= 11 is 0. The van der Waals surface area contributed by atoms with Gasteiger partial charge in [0.15, 0.2) is 11.4 Å². The van der Waals surface area contributed by atoms with Crippen molar-refractivity contribution in [1.82, 2.24) is 20.1 Å². The number of carbonyl (C=O) groups is 3. The van der Waals surface area contributed by atoms with Crippen molar-refractivity contribution in [1.29, 1.82) is 0 Å². The molecule has 0 radical (unpaired) electrons. The van der Waals surface area contributed by atoms with E-state index in [4.69, 9.17) is 0 Å². The topological polar surface area (TPSA) is 121 Å². The van der Waals surface area contributed by atoms with Crippen LogP contribution in [0.25, 0.3) is 0 Å². The Morgan fingerprint density at radius 1 is 1.24 bits per heavy atom. The number of nitrogens with zero attached hydrogens (tertiary/aromatic N) is 2. The van der Waals surface area contributed by atoms with E-state index in [0.29, 0.717) is 19.0 Å². The van der Waals surface area contributed by atoms with Crippen molar-refractivity contribution in [3.05, 3.63) is 62.6 Å². The number of aromatic hydroxyl groups is 1. The predicted octanol–water partition coefficient (Wildman–Crippen LogP) is 1.36. The minimum Gasteiger partial charge on any atom is -0.503 e. The summed E-state index contributed by atoms with van der Waals surface area (Å²) in [6.45, 7) is 3.35. The van der Waals surface area contributed by atoms with Crippen molar-refractivity contribution < 1.29 is 28.3 Å². The number of carbonyl (C=O) groups excluding carboxylic acids is 3. The Labute approximate surface area is 187 Å². The maximum atomic E-state index is 14.0. The van der Waals surface area contributed by atoms with Crippen molar-refractivity contribution in [3.8, 4) is 5.75 Å². The van der Waals surface area contributed by atoms with Gasteiger partial charge in [0.25, 0.3) is 11.8 Å². The summed E-state index contributed by atoms with van der Waals surface area (Å²) < 4.78 is 28.6. The van der Waals surface area contributed by atoms with Crippen LogP contribution in [0.5, 0.6) is 5.75 Å². The second kappa shape index (κ2) is 8.30. The smallest absolute Gasteiger partial charge is 0.274 e. The molecule has 1 aromatic heterocycles. The first-order valence-electron chi connectivity index (χ1n) is 10.4. The molecule has 2 aliphatic rings. The molecule has 3 N–H and O–H groups in total. The number of hydrogen-bond acceptors (Lipinski definition) is 5. The highest BCUT2D eigenvalue weighted by atomic mass is 19.1. The number of hydrogen-bond donors (Lipinski definition) is 3. The average molecular weight is 460 g/mol. The first-order chi connectivity index (χ1) is 15.6. The molecule has 0 spiro atoms. The molecule has 1 aromatic carbocycles. The fourth-order valence-corrected chi connectivity index (χ4v) is 4.55. The standard InChI is InChI=1S/C22H22F2N4O5/c1-3-27-9-13-7-15(26-10(2)29)17-16(19(30)20(31)18(22(27)33)28(13)17)21(32)25-8-11-4-5-12(23)6-14(11)24/h4-6,13,15,31H,3,7-9H2,1-2H3,(H,25,32)(H,26,29)/t13?,15-/m0/s1. The van der Waals surface area contributed by atoms with E-state index in [-0.39, 0.29) is 36.1 Å². The van der Waals surface area contributed by atoms with Crippen LogP contribution in [0.4, 0.5) is 8.78 Å². The van der Waals surface area contributed by atoms with Crippen LogP contribution in [0.3, 0.4) is 0 Å². The molecule has 2 atom stereocenters. The van der Waals surface area contributed by atoms with Crippen LogP contribution in [0, 0.1) is 11.6 Å². The Kier molecular flexibility index (Phi) is 5.64. The summed E-state index contributed by atoms with van der Waals surface area (Å²) in [6, 6.07) is 1.76. The quantitative estimate of drug-likeness (QED) is 0.622. The summed E-state index contributed by atoms with van der Waals surface area (Å²) in [5.41, 5.74) is -1.60. The molecule has 174 valence electrons. The number of rotatable bonds is 5. The molecule has 11 heteroatoms. The molecule has 9 nitrogen and oxygen atoms in total. The van der Waals surface area contributed by atoms with Gasteiger partial charge in [0.2, 0.25) is 11.3 Å². The average Bonchev–Trinajstić information content (AvgIpc) is 3.08. The Bertz CT molecular complexity index is 1240. The predicted molar refractivity (Wildman–Crippen MR) is 112 cm³/mol. The fraction of sp³-hybridized carbons (Fsp3) is 0.364. The molecule has 2 aliphatic heterocycles. The summed E-state index contributed by atoms with van der Waals surface area (Å²) in [7, 11) is 0. The molecule has 4 rings (SSSR count). The van der Waals surface area contributed by atoms with Gasteiger partial charge in [0.1, 0.15) is 17.2 Å². The van der Waals surface area contributed by atoms with Gasteiger partial charge in [-0.05, 0) is 19.4 Å². The molecular formula is C22H22F2N4O5. The zero-order chi connectivity index (χ0) is 24.0. The highest BCUT2D eigenvalue weighted by molar-refractivity contribution is 6.00. The van der Waals surface area contributed by atoms with E-state index in [1.807, 2.05) is 0 Å². The van der Waals surface area contributed by atoms with E-state index in [9.17, 15) is 33.1 Å². The van der Waals surface area contributed by atoms with Crippen LogP contribution in [0.15, 0.2) is 23.0 Å². The Balaban J connectivity index is 1.80. The largest absolute Gasteiger partial charge is 0.503 e. The van der Waals surface area contributed by atoms with Crippen molar-refractivity contribution in [2.45, 2.75) is 38.9 Å². The molecule has 0 bridgehead atoms. The maximum Gasteiger partial charge on any atom is 0.274 e. The lowest BCUT2D eigenvalue weighted by Gasteiger charge is -2.33. The van der Waals surface area contributed by atoms with Crippen molar-refractivity contribution >= 4 is 17.7 Å². The van der Waals surface area contributed by atoms with Gasteiger partial charge in [-0.25, -0.2) is 8.78 Å². The number of nitrogens with one attached hydrogen (secondary N) is 2. The van der Waals surface area contributed by atoms with E-state index >= 15 is 0 Å². The van der Waals surface area contributed by atoms with Crippen LogP contribution in [0.1, 0.15) is 64.5 Å². The molecule has 2 aromatic rings. The molecule has 0 aliphatic carbocycles. The SMILES string of the molecule is CCN1CC2C[C@H](NC(C)=O)c3c(C(=O)NCc4ccc(F)cc4F)c(=O)c(O)c(n32)C1=O. The fourth-order valence-electron chi connectivity index (χ4n) is 4.55. The van der Waals surface area contributed by atoms with Crippen LogP contribution < -0.4 is 16.1 Å². The van der Waals surface area contributed by atoms with Crippen molar-refractivity contribution in [2.75, 3.05) is 13.1 Å². The number of pyridine rings is 1. The molecule has 0 saturated carbocycles. The van der Waals surface area contributed by atoms with Crippen LogP contribution in [-0.4, -0.2) is 45.4 Å². The number of likely N-dealkylation sites (N-methyl/N-ethyl adjacent to an activating group) is 1. The summed E-state index contributed by atoms with van der Waals surface area (Å²) in [6.07, 6.45) is 0.312. The zero-order valence-corrected chi connectivity index (χ0v) is 17.9. The third kappa shape index (κ3) is 3.73. The minimum atomic E-state index is -1.06. The number of amides is 3. The Morgan fingerprint density at radius 2 is 1.97 bits per heavy atom. The van der Waals surface area contributed by atoms with Crippen LogP contribution in [-0.2, 0) is 11.3 Å². The van der Waals surface area contributed by atoms with Crippen molar-refractivity contribution in [3.63, 3.8) is 0 Å². The van der Waals surface area contributed by atoms with E-state index in [1.165, 1.54) is 16.4 Å². The van der Waals surface area contributed by atoms with E-state index in [2.05, 4.69) is 10.6 Å². The molecule has 1 unspecified atom stereocenters. The normalized spacial score (nSPS) is 18.8. The molecule has 33 heavy (non-hydrogen) atoms. The van der Waals surface area contributed by atoms with Crippen LogP contribution in [0.2, 0.25) is 0 Å². The maximum absolute atomic E-state index is 14.0. The van der Waals surface area contributed by atoms with E-state index in [0.717, 1.165) is 12.1 Å². The molecule has 0 fully saturated rings. The first-order valence-corrected chi connectivity index (χ1v) is 10.4. The third-order valence-electron chi connectivity index (χ3n) is 5.99. The minimum absolute atomic E-state index is 0.00601. The summed E-state index contributed by atoms with van der Waals surface area (Å²) in [4.78, 5) is 52.3. The third-order valence-corrected chi connectivity index (χ3v) is 5.99. The molecular weight excluding hydrogens is 438 g/mol. The van der Waals surface area contributed by atoms with E-state index in [1.54, 1.807) is 6.92 Å². The van der Waals surface area contributed by atoms with Gasteiger partial charge in [-0.2, -0.15) is 0 Å². The lowest BCUT2D eigenvalue weighted by atomic mass is 10.0. The highest BCUT2D eigenvalue weighted by Gasteiger charge is 2.45. The van der Waals surface area contributed by atoms with Gasteiger partial charge >= 0.3 is 0 Å². The monoisotopic (exact) mass is 460 g/mol. The number of halogens is 2. The molecule has 3 amide bonds. The Hall–Kier alpha value is -3.76. The number of aromatic nitrogens is 1. The second-order valence-electron chi connectivity index (χ2n) is 8.06.